The Labute approximate surface area is 256 Å². The number of rotatable bonds is 6. The Bertz CT molecular complexity index is 1320. The first-order chi connectivity index (χ1) is 19.1. The Morgan fingerprint density at radius 2 is 1.20 bits per heavy atom. The van der Waals surface area contributed by atoms with Gasteiger partial charge in [0.05, 0.1) is 36.9 Å². The smallest absolute Gasteiger partial charge is 0.236 e. The summed E-state index contributed by atoms with van der Waals surface area (Å²) in [6.07, 6.45) is 0. The van der Waals surface area contributed by atoms with E-state index in [1.807, 2.05) is 11.0 Å². The SMILES string of the molecule is CC(C)S(=O)(=O)Cl.CC(C)S(=O)(=O)Nc1cc(Cl)cc(N2CCOCC2)n1.Nc1cc(Cl)cc(N2CCOCC2)n1. The van der Waals surface area contributed by atoms with Crippen molar-refractivity contribution >= 4 is 76.2 Å². The molecule has 2 aliphatic rings. The van der Waals surface area contributed by atoms with Crippen molar-refractivity contribution in [1.82, 2.24) is 9.97 Å². The van der Waals surface area contributed by atoms with Crippen molar-refractivity contribution in [1.29, 1.82) is 0 Å². The number of nitrogens with two attached hydrogens (primary N) is 1. The minimum absolute atomic E-state index is 0.243. The number of pyridine rings is 2. The second-order valence-corrected chi connectivity index (χ2v) is 15.8. The fraction of sp³-hybridized carbons (Fsp3) is 0.583. The van der Waals surface area contributed by atoms with Gasteiger partial charge in [-0.1, -0.05) is 23.2 Å². The fourth-order valence-corrected chi connectivity index (χ4v) is 4.25. The van der Waals surface area contributed by atoms with Crippen molar-refractivity contribution in [3.05, 3.63) is 34.3 Å². The van der Waals surface area contributed by atoms with Crippen molar-refractivity contribution in [3.63, 3.8) is 0 Å². The number of anilines is 4. The number of ether oxygens (including phenoxy) is 2. The van der Waals surface area contributed by atoms with Crippen LogP contribution in [0.2, 0.25) is 10.0 Å². The lowest BCUT2D eigenvalue weighted by molar-refractivity contribution is 0.122. The van der Waals surface area contributed by atoms with Gasteiger partial charge in [0.2, 0.25) is 19.1 Å². The van der Waals surface area contributed by atoms with Crippen LogP contribution in [0.5, 0.6) is 0 Å². The summed E-state index contributed by atoms with van der Waals surface area (Å²) in [7, 11) is -1.86. The predicted octanol–water partition coefficient (Wildman–Crippen LogP) is 3.84. The van der Waals surface area contributed by atoms with E-state index in [4.69, 9.17) is 49.1 Å². The van der Waals surface area contributed by atoms with Gasteiger partial charge in [0.15, 0.2) is 0 Å². The molecule has 0 unspecified atom stereocenters. The average molecular weight is 676 g/mol. The van der Waals surface area contributed by atoms with Gasteiger partial charge in [-0.25, -0.2) is 26.8 Å². The lowest BCUT2D eigenvalue weighted by atomic mass is 10.3. The molecule has 4 rings (SSSR count). The van der Waals surface area contributed by atoms with E-state index in [2.05, 4.69) is 19.6 Å². The summed E-state index contributed by atoms with van der Waals surface area (Å²) in [6.45, 7) is 12.1. The van der Waals surface area contributed by atoms with Gasteiger partial charge in [-0.15, -0.1) is 0 Å². The lowest BCUT2D eigenvalue weighted by Crippen LogP contribution is -2.36. The Morgan fingerprint density at radius 3 is 1.59 bits per heavy atom. The lowest BCUT2D eigenvalue weighted by Gasteiger charge is -2.28. The normalized spacial score (nSPS) is 16.0. The quantitative estimate of drug-likeness (QED) is 0.429. The van der Waals surface area contributed by atoms with Crippen LogP contribution in [-0.2, 0) is 28.5 Å². The van der Waals surface area contributed by atoms with Crippen molar-refractivity contribution in [2.75, 3.05) is 72.9 Å². The van der Waals surface area contributed by atoms with E-state index in [1.54, 1.807) is 26.0 Å². The molecule has 0 atom stereocenters. The zero-order chi connectivity index (χ0) is 30.8. The second-order valence-electron chi connectivity index (χ2n) is 9.52. The van der Waals surface area contributed by atoms with E-state index in [0.29, 0.717) is 48.0 Å². The highest BCUT2D eigenvalue weighted by molar-refractivity contribution is 8.14. The molecule has 0 saturated carbocycles. The van der Waals surface area contributed by atoms with E-state index in [0.717, 1.165) is 32.1 Å². The third kappa shape index (κ3) is 12.5. The van der Waals surface area contributed by atoms with E-state index in [-0.39, 0.29) is 5.82 Å². The summed E-state index contributed by atoms with van der Waals surface area (Å²) in [5.74, 6) is 2.19. The number of nitrogens with one attached hydrogen (secondary N) is 1. The molecular weight excluding hydrogens is 639 g/mol. The number of nitrogen functional groups attached to an aromatic ring is 1. The maximum absolute atomic E-state index is 11.9. The second kappa shape index (κ2) is 16.1. The molecule has 4 heterocycles. The molecule has 232 valence electrons. The molecule has 17 heteroatoms. The number of hydrogen-bond donors (Lipinski definition) is 2. The topological polar surface area (TPSA) is 157 Å². The Hall–Kier alpha value is -1.81. The minimum Gasteiger partial charge on any atom is -0.384 e. The minimum atomic E-state index is -3.43. The molecule has 2 aliphatic heterocycles. The molecule has 2 saturated heterocycles. The molecule has 3 N–H and O–H groups in total. The Balaban J connectivity index is 0.000000242. The van der Waals surface area contributed by atoms with Gasteiger partial charge in [0, 0.05) is 53.0 Å². The van der Waals surface area contributed by atoms with Crippen molar-refractivity contribution in [3.8, 4) is 0 Å². The molecule has 0 radical (unpaired) electrons. The molecule has 41 heavy (non-hydrogen) atoms. The molecule has 2 aromatic rings. The van der Waals surface area contributed by atoms with Gasteiger partial charge in [-0.05, 0) is 45.9 Å². The molecule has 0 aromatic carbocycles. The summed E-state index contributed by atoms with van der Waals surface area (Å²) >= 11 is 11.9. The van der Waals surface area contributed by atoms with E-state index < -0.39 is 29.6 Å². The molecule has 12 nitrogen and oxygen atoms in total. The van der Waals surface area contributed by atoms with Gasteiger partial charge in [-0.3, -0.25) is 4.72 Å². The third-order valence-corrected chi connectivity index (χ3v) is 10.0. The van der Waals surface area contributed by atoms with Crippen molar-refractivity contribution in [2.24, 2.45) is 0 Å². The van der Waals surface area contributed by atoms with Crippen LogP contribution in [0.1, 0.15) is 27.7 Å². The number of halogens is 3. The van der Waals surface area contributed by atoms with Crippen LogP contribution < -0.4 is 20.3 Å². The fourth-order valence-electron chi connectivity index (χ4n) is 3.21. The first-order valence-electron chi connectivity index (χ1n) is 12.8. The number of morpholine rings is 2. The standard InChI is InChI=1S/C12H18ClN3O3S.C9H12ClN3O.C3H7ClO2S/c1-9(2)20(17,18)15-11-7-10(13)8-12(14-11)16-3-5-19-6-4-16;10-7-5-8(11)12-9(6-7)13-1-3-14-4-2-13;1-3(2)7(4,5)6/h7-9H,3-6H2,1-2H3,(H,14,15);5-6H,1-4H2,(H2,11,12);3H,1-2H3. The summed E-state index contributed by atoms with van der Waals surface area (Å²) in [4.78, 5) is 12.7. The molecular formula is C24H37Cl3N6O6S2. The highest BCUT2D eigenvalue weighted by atomic mass is 35.7. The average Bonchev–Trinajstić information content (AvgIpc) is 2.89. The zero-order valence-electron chi connectivity index (χ0n) is 23.4. The summed E-state index contributed by atoms with van der Waals surface area (Å²) < 4.78 is 56.9. The summed E-state index contributed by atoms with van der Waals surface area (Å²) in [5.41, 5.74) is 5.61. The Morgan fingerprint density at radius 1 is 0.780 bits per heavy atom. The molecule has 0 aliphatic carbocycles. The van der Waals surface area contributed by atoms with Crippen molar-refractivity contribution < 1.29 is 26.3 Å². The third-order valence-electron chi connectivity index (χ3n) is 5.67. The van der Waals surface area contributed by atoms with Crippen LogP contribution in [0.4, 0.5) is 23.3 Å². The number of hydrogen-bond acceptors (Lipinski definition) is 11. The van der Waals surface area contributed by atoms with E-state index in [9.17, 15) is 16.8 Å². The van der Waals surface area contributed by atoms with E-state index >= 15 is 0 Å². The first-order valence-corrected chi connectivity index (χ1v) is 17.5. The highest BCUT2D eigenvalue weighted by Gasteiger charge is 2.19. The van der Waals surface area contributed by atoms with E-state index in [1.165, 1.54) is 19.9 Å². The molecule has 2 fully saturated rings. The number of nitrogens with zero attached hydrogens (tertiary/aromatic N) is 4. The molecule has 0 bridgehead atoms. The molecule has 0 spiro atoms. The summed E-state index contributed by atoms with van der Waals surface area (Å²) in [5, 5.41) is 0.0752. The van der Waals surface area contributed by atoms with Gasteiger partial charge in [-0.2, -0.15) is 0 Å². The van der Waals surface area contributed by atoms with Gasteiger partial charge in [0.25, 0.3) is 0 Å². The zero-order valence-corrected chi connectivity index (χ0v) is 27.3. The van der Waals surface area contributed by atoms with Gasteiger partial charge < -0.3 is 25.0 Å². The summed E-state index contributed by atoms with van der Waals surface area (Å²) in [6, 6.07) is 6.69. The first kappa shape index (κ1) is 35.4. The van der Waals surface area contributed by atoms with Crippen molar-refractivity contribution in [2.45, 2.75) is 38.2 Å². The number of aromatic nitrogens is 2. The Kier molecular flexibility index (Phi) is 13.9. The molecule has 2 aromatic heterocycles. The van der Waals surface area contributed by atoms with Crippen LogP contribution in [-0.4, -0.2) is 89.9 Å². The van der Waals surface area contributed by atoms with Crippen LogP contribution in [0.15, 0.2) is 24.3 Å². The van der Waals surface area contributed by atoms with Crippen LogP contribution in [0.3, 0.4) is 0 Å². The van der Waals surface area contributed by atoms with Crippen LogP contribution in [0, 0.1) is 0 Å². The number of sulfonamides is 1. The molecule has 0 amide bonds. The maximum atomic E-state index is 11.9. The van der Waals surface area contributed by atoms with Crippen LogP contribution >= 0.6 is 33.9 Å². The van der Waals surface area contributed by atoms with Crippen LogP contribution in [0.25, 0.3) is 0 Å². The highest BCUT2D eigenvalue weighted by Crippen LogP contribution is 2.24. The maximum Gasteiger partial charge on any atom is 0.236 e. The largest absolute Gasteiger partial charge is 0.384 e. The van der Waals surface area contributed by atoms with Gasteiger partial charge in [0.1, 0.15) is 23.3 Å². The van der Waals surface area contributed by atoms with Gasteiger partial charge >= 0.3 is 0 Å². The monoisotopic (exact) mass is 674 g/mol. The predicted molar refractivity (Wildman–Crippen MR) is 167 cm³/mol.